The predicted molar refractivity (Wildman–Crippen MR) is 231 cm³/mol. The van der Waals surface area contributed by atoms with Crippen LogP contribution in [0.2, 0.25) is 0 Å². The molecule has 8 nitrogen and oxygen atoms in total. The van der Waals surface area contributed by atoms with Gasteiger partial charge in [-0.3, -0.25) is 19.2 Å². The summed E-state index contributed by atoms with van der Waals surface area (Å²) in [6, 6.07) is 35.4. The van der Waals surface area contributed by atoms with Crippen LogP contribution in [0.1, 0.15) is 59.6 Å². The number of hydrogen-bond donors (Lipinski definition) is 0. The third kappa shape index (κ3) is 7.23. The number of hydrogen-bond acceptors (Lipinski definition) is 8. The van der Waals surface area contributed by atoms with Crippen LogP contribution in [0.3, 0.4) is 0 Å². The minimum Gasteiger partial charge on any atom is -0.296 e. The SMILES string of the molecule is CC(c1ccc2scnc2c1)N1CCc2c(-c3ccccc3)nn(C)c2CC1.CC(c1ccc2scnc2c1)N1CCc2nn(C)c(-c3ccccc3)c2CC1. The highest BCUT2D eigenvalue weighted by Gasteiger charge is 2.27. The second-order valence-corrected chi connectivity index (χ2v) is 16.9. The molecule has 284 valence electrons. The van der Waals surface area contributed by atoms with Gasteiger partial charge >= 0.3 is 0 Å². The van der Waals surface area contributed by atoms with Gasteiger partial charge in [0.25, 0.3) is 0 Å². The first-order valence-electron chi connectivity index (χ1n) is 19.8. The number of aryl methyl sites for hydroxylation is 2. The van der Waals surface area contributed by atoms with Crippen molar-refractivity contribution < 1.29 is 0 Å². The Hall–Kier alpha value is -5.00. The van der Waals surface area contributed by atoms with Gasteiger partial charge in [-0.2, -0.15) is 10.2 Å². The van der Waals surface area contributed by atoms with Gasteiger partial charge in [-0.05, 0) is 62.1 Å². The van der Waals surface area contributed by atoms with Crippen LogP contribution in [0, 0.1) is 0 Å². The van der Waals surface area contributed by atoms with Crippen molar-refractivity contribution in [3.63, 3.8) is 0 Å². The van der Waals surface area contributed by atoms with E-state index in [1.54, 1.807) is 22.7 Å². The van der Waals surface area contributed by atoms with Gasteiger partial charge in [0.2, 0.25) is 0 Å². The normalized spacial score (nSPS) is 16.1. The molecule has 0 fully saturated rings. The summed E-state index contributed by atoms with van der Waals surface area (Å²) in [6.07, 6.45) is 4.11. The third-order valence-corrected chi connectivity index (χ3v) is 13.6. The zero-order valence-corrected chi connectivity index (χ0v) is 34.2. The summed E-state index contributed by atoms with van der Waals surface area (Å²) in [6.45, 7) is 8.82. The smallest absolute Gasteiger partial charge is 0.0958 e. The maximum atomic E-state index is 4.87. The minimum absolute atomic E-state index is 0.379. The Morgan fingerprint density at radius 2 is 1.09 bits per heavy atom. The van der Waals surface area contributed by atoms with E-state index in [2.05, 4.69) is 154 Å². The van der Waals surface area contributed by atoms with E-state index in [1.165, 1.54) is 59.9 Å². The molecule has 4 aromatic heterocycles. The highest BCUT2D eigenvalue weighted by molar-refractivity contribution is 7.17. The van der Waals surface area contributed by atoms with E-state index in [1.807, 2.05) is 11.0 Å². The van der Waals surface area contributed by atoms with E-state index in [-0.39, 0.29) is 0 Å². The lowest BCUT2D eigenvalue weighted by atomic mass is 10.0. The van der Waals surface area contributed by atoms with Gasteiger partial charge in [-0.15, -0.1) is 22.7 Å². The lowest BCUT2D eigenvalue weighted by Gasteiger charge is -2.28. The van der Waals surface area contributed by atoms with Crippen LogP contribution < -0.4 is 0 Å². The molecule has 0 saturated heterocycles. The molecule has 2 aliphatic rings. The second-order valence-electron chi connectivity index (χ2n) is 15.1. The summed E-state index contributed by atoms with van der Waals surface area (Å²) in [5.41, 5.74) is 19.1. The van der Waals surface area contributed by atoms with E-state index in [0.29, 0.717) is 12.1 Å². The molecular weight excluding hydrogens is 729 g/mol. The summed E-state index contributed by atoms with van der Waals surface area (Å²) >= 11 is 3.41. The van der Waals surface area contributed by atoms with Crippen LogP contribution in [0.25, 0.3) is 42.9 Å². The molecule has 8 aromatic rings. The van der Waals surface area contributed by atoms with Crippen LogP contribution in [-0.2, 0) is 39.8 Å². The van der Waals surface area contributed by atoms with Crippen LogP contribution in [0.15, 0.2) is 108 Å². The first-order valence-corrected chi connectivity index (χ1v) is 21.5. The molecule has 0 aliphatic carbocycles. The van der Waals surface area contributed by atoms with Gasteiger partial charge < -0.3 is 0 Å². The fourth-order valence-corrected chi connectivity index (χ4v) is 10.1. The number of aromatic nitrogens is 6. The van der Waals surface area contributed by atoms with E-state index in [4.69, 9.17) is 10.2 Å². The van der Waals surface area contributed by atoms with Gasteiger partial charge in [0.05, 0.1) is 48.5 Å². The molecule has 56 heavy (non-hydrogen) atoms. The average Bonchev–Trinajstić information content (AvgIpc) is 3.98. The molecule has 0 saturated carbocycles. The summed E-state index contributed by atoms with van der Waals surface area (Å²) in [5.74, 6) is 0. The fraction of sp³-hybridized carbons (Fsp3) is 0.304. The number of thiazole rings is 2. The van der Waals surface area contributed by atoms with Crippen molar-refractivity contribution in [1.82, 2.24) is 39.3 Å². The predicted octanol–water partition coefficient (Wildman–Crippen LogP) is 9.72. The van der Waals surface area contributed by atoms with Crippen molar-refractivity contribution in [2.75, 3.05) is 26.2 Å². The Bertz CT molecular complexity index is 2580. The van der Waals surface area contributed by atoms with Crippen molar-refractivity contribution in [2.45, 2.75) is 51.6 Å². The quantitative estimate of drug-likeness (QED) is 0.168. The van der Waals surface area contributed by atoms with Gasteiger partial charge in [0.1, 0.15) is 0 Å². The zero-order chi connectivity index (χ0) is 38.2. The lowest BCUT2D eigenvalue weighted by Crippen LogP contribution is -2.29. The van der Waals surface area contributed by atoms with E-state index in [0.717, 1.165) is 68.6 Å². The first-order chi connectivity index (χ1) is 27.4. The van der Waals surface area contributed by atoms with Crippen molar-refractivity contribution >= 4 is 43.1 Å². The molecule has 2 aliphatic heterocycles. The van der Waals surface area contributed by atoms with Crippen molar-refractivity contribution in [1.29, 1.82) is 0 Å². The largest absolute Gasteiger partial charge is 0.296 e. The lowest BCUT2D eigenvalue weighted by molar-refractivity contribution is 0.220. The van der Waals surface area contributed by atoms with Gasteiger partial charge in [0.15, 0.2) is 0 Å². The second kappa shape index (κ2) is 15.9. The van der Waals surface area contributed by atoms with E-state index < -0.39 is 0 Å². The van der Waals surface area contributed by atoms with Crippen molar-refractivity contribution in [2.24, 2.45) is 14.1 Å². The number of rotatable bonds is 6. The maximum Gasteiger partial charge on any atom is 0.0958 e. The monoisotopic (exact) mass is 776 g/mol. The topological polar surface area (TPSA) is 67.9 Å². The zero-order valence-electron chi connectivity index (χ0n) is 32.6. The number of nitrogens with zero attached hydrogens (tertiary/aromatic N) is 8. The standard InChI is InChI=1S/2C23H24N4S/c1-16(18-8-9-22-20(14-18)24-15-28-22)27-12-10-19-21(11-13-27)26(2)25-23(19)17-6-4-3-5-7-17;1-16(18-8-9-22-21(14-18)24-15-28-22)27-12-10-19-20(11-13-27)25-26(2)23(19)17-6-4-3-5-7-17/h2*3-9,14-16H,10-13H2,1-2H3. The Morgan fingerprint density at radius 1 is 0.554 bits per heavy atom. The van der Waals surface area contributed by atoms with E-state index in [9.17, 15) is 0 Å². The molecular formula is C46H48N8S2. The number of benzene rings is 4. The molecule has 0 N–H and O–H groups in total. The molecule has 2 unspecified atom stereocenters. The molecule has 0 radical (unpaired) electrons. The average molecular weight is 777 g/mol. The highest BCUT2D eigenvalue weighted by atomic mass is 32.1. The Kier molecular flexibility index (Phi) is 10.4. The summed E-state index contributed by atoms with van der Waals surface area (Å²) in [4.78, 5) is 14.2. The summed E-state index contributed by atoms with van der Waals surface area (Å²) in [7, 11) is 4.15. The maximum absolute atomic E-state index is 4.87. The van der Waals surface area contributed by atoms with Crippen LogP contribution >= 0.6 is 22.7 Å². The van der Waals surface area contributed by atoms with Gasteiger partial charge in [0, 0.05) is 93.1 Å². The Balaban J connectivity index is 0.000000146. The van der Waals surface area contributed by atoms with Crippen LogP contribution in [0.4, 0.5) is 0 Å². The summed E-state index contributed by atoms with van der Waals surface area (Å²) in [5, 5.41) is 9.72. The third-order valence-electron chi connectivity index (χ3n) is 11.9. The van der Waals surface area contributed by atoms with Crippen LogP contribution in [0.5, 0.6) is 0 Å². The minimum atomic E-state index is 0.379. The molecule has 2 atom stereocenters. The molecule has 6 heterocycles. The van der Waals surface area contributed by atoms with Gasteiger partial charge in [-0.25, -0.2) is 9.97 Å². The van der Waals surface area contributed by atoms with Crippen LogP contribution in [-0.4, -0.2) is 65.5 Å². The fourth-order valence-electron chi connectivity index (χ4n) is 8.75. The Morgan fingerprint density at radius 3 is 1.70 bits per heavy atom. The highest BCUT2D eigenvalue weighted by Crippen LogP contribution is 2.34. The molecule has 4 aromatic carbocycles. The molecule has 10 rings (SSSR count). The molecule has 0 bridgehead atoms. The van der Waals surface area contributed by atoms with Crippen molar-refractivity contribution in [3.8, 4) is 22.5 Å². The molecule has 0 amide bonds. The van der Waals surface area contributed by atoms with E-state index >= 15 is 0 Å². The Labute approximate surface area is 337 Å². The summed E-state index contributed by atoms with van der Waals surface area (Å²) < 4.78 is 6.68. The number of fused-ring (bicyclic) bond motifs is 4. The van der Waals surface area contributed by atoms with Crippen molar-refractivity contribution in [3.05, 3.63) is 142 Å². The van der Waals surface area contributed by atoms with Gasteiger partial charge in [-0.1, -0.05) is 72.8 Å². The molecule has 10 heteroatoms. The first kappa shape index (κ1) is 36.6. The molecule has 0 spiro atoms.